The van der Waals surface area contributed by atoms with Crippen LogP contribution in [0.25, 0.3) is 0 Å². The number of thiazole rings is 1. The van der Waals surface area contributed by atoms with E-state index in [9.17, 15) is 0 Å². The Morgan fingerprint density at radius 2 is 2.27 bits per heavy atom. The van der Waals surface area contributed by atoms with E-state index in [4.69, 9.17) is 4.98 Å². The zero-order chi connectivity index (χ0) is 14.9. The summed E-state index contributed by atoms with van der Waals surface area (Å²) in [5.41, 5.74) is 1.39. The predicted octanol–water partition coefficient (Wildman–Crippen LogP) is 2.82. The minimum absolute atomic E-state index is 0.738. The molecule has 0 unspecified atom stereocenters. The van der Waals surface area contributed by atoms with Gasteiger partial charge in [0.1, 0.15) is 10.8 Å². The molecular formula is C17H24N4S. The fourth-order valence-electron chi connectivity index (χ4n) is 3.82. The molecule has 0 saturated carbocycles. The molecule has 0 bridgehead atoms. The smallest absolute Gasteiger partial charge is 0.108 e. The lowest BCUT2D eigenvalue weighted by Gasteiger charge is -2.32. The highest BCUT2D eigenvalue weighted by Gasteiger charge is 2.23. The van der Waals surface area contributed by atoms with Crippen molar-refractivity contribution in [3.8, 4) is 0 Å². The van der Waals surface area contributed by atoms with E-state index in [1.165, 1.54) is 61.7 Å². The third-order valence-corrected chi connectivity index (χ3v) is 6.14. The molecule has 2 aromatic heterocycles. The number of hydrogen-bond donors (Lipinski definition) is 0. The molecule has 4 rings (SSSR count). The van der Waals surface area contributed by atoms with E-state index in [-0.39, 0.29) is 0 Å². The summed E-state index contributed by atoms with van der Waals surface area (Å²) >= 11 is 1.96. The van der Waals surface area contributed by atoms with E-state index in [0.29, 0.717) is 0 Å². The molecule has 0 aromatic carbocycles. The fourth-order valence-corrected chi connectivity index (χ4v) is 5.01. The normalized spacial score (nSPS) is 22.1. The minimum atomic E-state index is 0.738. The van der Waals surface area contributed by atoms with Gasteiger partial charge in [0.2, 0.25) is 0 Å². The van der Waals surface area contributed by atoms with Gasteiger partial charge in [-0.05, 0) is 44.6 Å². The number of hydrogen-bond acceptors (Lipinski definition) is 4. The number of piperidine rings is 1. The summed E-state index contributed by atoms with van der Waals surface area (Å²) in [6, 6.07) is 0. The second-order valence-electron chi connectivity index (χ2n) is 6.73. The molecule has 4 nitrogen and oxygen atoms in total. The van der Waals surface area contributed by atoms with Crippen LogP contribution in [0.4, 0.5) is 0 Å². The molecule has 0 N–H and O–H groups in total. The van der Waals surface area contributed by atoms with Gasteiger partial charge in [-0.3, -0.25) is 4.90 Å². The molecule has 118 valence electrons. The molecule has 1 fully saturated rings. The Hall–Kier alpha value is -1.20. The SMILES string of the molecule is Cn1ccnc1C[C@@H]1CCCN(Cc2nc3c(s2)CCC3)C1. The summed E-state index contributed by atoms with van der Waals surface area (Å²) in [6.45, 7) is 3.47. The van der Waals surface area contributed by atoms with Crippen molar-refractivity contribution in [2.75, 3.05) is 13.1 Å². The van der Waals surface area contributed by atoms with E-state index in [1.807, 2.05) is 23.7 Å². The topological polar surface area (TPSA) is 34.0 Å². The van der Waals surface area contributed by atoms with Crippen LogP contribution in [-0.4, -0.2) is 32.5 Å². The largest absolute Gasteiger partial charge is 0.338 e. The fraction of sp³-hybridized carbons (Fsp3) is 0.647. The number of imidazole rings is 1. The summed E-state index contributed by atoms with van der Waals surface area (Å²) in [6.07, 6.45) is 11.5. The van der Waals surface area contributed by atoms with Crippen LogP contribution in [0.15, 0.2) is 12.4 Å². The number of fused-ring (bicyclic) bond motifs is 1. The van der Waals surface area contributed by atoms with Crippen molar-refractivity contribution in [3.63, 3.8) is 0 Å². The predicted molar refractivity (Wildman–Crippen MR) is 89.1 cm³/mol. The second kappa shape index (κ2) is 6.13. The van der Waals surface area contributed by atoms with Crippen LogP contribution in [0.5, 0.6) is 0 Å². The Balaban J connectivity index is 1.37. The first-order valence-corrected chi connectivity index (χ1v) is 9.25. The van der Waals surface area contributed by atoms with Gasteiger partial charge in [-0.15, -0.1) is 11.3 Å². The molecule has 2 aliphatic rings. The van der Waals surface area contributed by atoms with E-state index >= 15 is 0 Å². The molecule has 1 saturated heterocycles. The average Bonchev–Trinajstić information content (AvgIpc) is 3.17. The maximum atomic E-state index is 4.86. The Kier molecular flexibility index (Phi) is 4.01. The number of rotatable bonds is 4. The van der Waals surface area contributed by atoms with Crippen molar-refractivity contribution in [1.82, 2.24) is 19.4 Å². The van der Waals surface area contributed by atoms with Gasteiger partial charge in [0.15, 0.2) is 0 Å². The van der Waals surface area contributed by atoms with Crippen LogP contribution in [-0.2, 0) is 32.9 Å². The Morgan fingerprint density at radius 3 is 3.09 bits per heavy atom. The van der Waals surface area contributed by atoms with Gasteiger partial charge in [0, 0.05) is 37.3 Å². The molecule has 22 heavy (non-hydrogen) atoms. The highest BCUT2D eigenvalue weighted by Crippen LogP contribution is 2.29. The molecule has 0 amide bonds. The molecule has 1 atom stereocenters. The number of aromatic nitrogens is 3. The highest BCUT2D eigenvalue weighted by molar-refractivity contribution is 7.11. The van der Waals surface area contributed by atoms with E-state index in [0.717, 1.165) is 18.9 Å². The Bertz CT molecular complexity index is 623. The van der Waals surface area contributed by atoms with Crippen LogP contribution in [0.2, 0.25) is 0 Å². The first-order chi connectivity index (χ1) is 10.8. The van der Waals surface area contributed by atoms with Gasteiger partial charge in [-0.1, -0.05) is 0 Å². The minimum Gasteiger partial charge on any atom is -0.338 e. The first-order valence-electron chi connectivity index (χ1n) is 8.44. The lowest BCUT2D eigenvalue weighted by Crippen LogP contribution is -2.36. The number of nitrogens with zero attached hydrogens (tertiary/aromatic N) is 4. The van der Waals surface area contributed by atoms with Crippen LogP contribution >= 0.6 is 11.3 Å². The molecular weight excluding hydrogens is 292 g/mol. The molecule has 5 heteroatoms. The lowest BCUT2D eigenvalue weighted by atomic mass is 9.94. The zero-order valence-electron chi connectivity index (χ0n) is 13.3. The molecule has 3 heterocycles. The third kappa shape index (κ3) is 2.97. The number of aryl methyl sites for hydroxylation is 3. The van der Waals surface area contributed by atoms with Gasteiger partial charge >= 0.3 is 0 Å². The molecule has 1 aliphatic heterocycles. The zero-order valence-corrected chi connectivity index (χ0v) is 14.1. The van der Waals surface area contributed by atoms with Crippen molar-refractivity contribution in [2.45, 2.75) is 45.1 Å². The quantitative estimate of drug-likeness (QED) is 0.870. The van der Waals surface area contributed by atoms with Crippen molar-refractivity contribution in [2.24, 2.45) is 13.0 Å². The monoisotopic (exact) mass is 316 g/mol. The molecule has 0 spiro atoms. The van der Waals surface area contributed by atoms with Crippen molar-refractivity contribution in [1.29, 1.82) is 0 Å². The Labute approximate surface area is 136 Å². The molecule has 1 aliphatic carbocycles. The summed E-state index contributed by atoms with van der Waals surface area (Å²) < 4.78 is 2.16. The third-order valence-electron chi connectivity index (χ3n) is 4.99. The van der Waals surface area contributed by atoms with Gasteiger partial charge in [0.05, 0.1) is 12.2 Å². The summed E-state index contributed by atoms with van der Waals surface area (Å²) in [5.74, 6) is 1.96. The van der Waals surface area contributed by atoms with Crippen molar-refractivity contribution in [3.05, 3.63) is 33.8 Å². The van der Waals surface area contributed by atoms with Gasteiger partial charge in [-0.2, -0.15) is 0 Å². The molecule has 0 radical (unpaired) electrons. The highest BCUT2D eigenvalue weighted by atomic mass is 32.1. The molecule has 2 aromatic rings. The van der Waals surface area contributed by atoms with Crippen LogP contribution in [0, 0.1) is 5.92 Å². The summed E-state index contributed by atoms with van der Waals surface area (Å²) in [7, 11) is 2.10. The van der Waals surface area contributed by atoms with E-state index in [1.54, 1.807) is 4.88 Å². The maximum absolute atomic E-state index is 4.86. The van der Waals surface area contributed by atoms with Crippen molar-refractivity contribution < 1.29 is 0 Å². The standard InChI is InChI=1S/C17H24N4S/c1-20-9-7-18-16(20)10-13-4-3-8-21(11-13)12-17-19-14-5-2-6-15(14)22-17/h7,9,13H,2-6,8,10-12H2,1H3/t13-/m0/s1. The van der Waals surface area contributed by atoms with Crippen LogP contribution in [0.1, 0.15) is 40.7 Å². The summed E-state index contributed by atoms with van der Waals surface area (Å²) in [5, 5.41) is 1.34. The summed E-state index contributed by atoms with van der Waals surface area (Å²) in [4.78, 5) is 13.5. The maximum Gasteiger partial charge on any atom is 0.108 e. The van der Waals surface area contributed by atoms with Gasteiger partial charge in [-0.25, -0.2) is 9.97 Å². The van der Waals surface area contributed by atoms with Crippen LogP contribution in [0.3, 0.4) is 0 Å². The second-order valence-corrected chi connectivity index (χ2v) is 7.90. The lowest BCUT2D eigenvalue weighted by molar-refractivity contribution is 0.165. The first kappa shape index (κ1) is 14.4. The number of likely N-dealkylation sites (tertiary alicyclic amines) is 1. The Morgan fingerprint density at radius 1 is 1.32 bits per heavy atom. The van der Waals surface area contributed by atoms with E-state index < -0.39 is 0 Å². The average molecular weight is 316 g/mol. The van der Waals surface area contributed by atoms with E-state index in [2.05, 4.69) is 21.5 Å². The van der Waals surface area contributed by atoms with Gasteiger partial charge < -0.3 is 4.57 Å². The van der Waals surface area contributed by atoms with Crippen LogP contribution < -0.4 is 0 Å². The van der Waals surface area contributed by atoms with Gasteiger partial charge in [0.25, 0.3) is 0 Å². The van der Waals surface area contributed by atoms with Crippen molar-refractivity contribution >= 4 is 11.3 Å².